The standard InChI is InChI=1S/C15H15N3O2/c1-20-14(19)13-8-10-18(13)15-16-9-7-12(17-15)11-5-3-2-4-6-11/h2-7,9,13H,8,10H2,1H3/t13-/m0/s1. The van der Waals surface area contributed by atoms with E-state index in [0.717, 1.165) is 24.2 Å². The third kappa shape index (κ3) is 2.22. The highest BCUT2D eigenvalue weighted by molar-refractivity contribution is 5.81. The molecule has 1 aliphatic heterocycles. The van der Waals surface area contributed by atoms with E-state index in [1.165, 1.54) is 7.11 Å². The summed E-state index contributed by atoms with van der Waals surface area (Å²) in [6.45, 7) is 0.776. The minimum Gasteiger partial charge on any atom is -0.467 e. The van der Waals surface area contributed by atoms with Crippen molar-refractivity contribution >= 4 is 11.9 Å². The van der Waals surface area contributed by atoms with E-state index in [2.05, 4.69) is 9.97 Å². The first-order chi connectivity index (χ1) is 9.79. The molecule has 1 atom stereocenters. The fourth-order valence-corrected chi connectivity index (χ4v) is 2.26. The zero-order valence-electron chi connectivity index (χ0n) is 11.2. The molecule has 1 fully saturated rings. The number of nitrogens with zero attached hydrogens (tertiary/aromatic N) is 3. The fraction of sp³-hybridized carbons (Fsp3) is 0.267. The van der Waals surface area contributed by atoms with E-state index >= 15 is 0 Å². The van der Waals surface area contributed by atoms with E-state index in [-0.39, 0.29) is 12.0 Å². The molecule has 0 spiro atoms. The monoisotopic (exact) mass is 269 g/mol. The second kappa shape index (κ2) is 5.28. The lowest BCUT2D eigenvalue weighted by molar-refractivity contribution is -0.143. The topological polar surface area (TPSA) is 55.3 Å². The molecule has 0 aliphatic carbocycles. The lowest BCUT2D eigenvalue weighted by Crippen LogP contribution is -2.53. The number of carbonyl (C=O) groups excluding carboxylic acids is 1. The van der Waals surface area contributed by atoms with Gasteiger partial charge in [-0.25, -0.2) is 14.8 Å². The van der Waals surface area contributed by atoms with Crippen molar-refractivity contribution in [2.45, 2.75) is 12.5 Å². The molecule has 1 aliphatic rings. The minimum atomic E-state index is -0.258. The first-order valence-electron chi connectivity index (χ1n) is 6.52. The van der Waals surface area contributed by atoms with Crippen molar-refractivity contribution in [2.75, 3.05) is 18.6 Å². The Labute approximate surface area is 117 Å². The van der Waals surface area contributed by atoms with Gasteiger partial charge in [0.15, 0.2) is 0 Å². The molecular formula is C15H15N3O2. The van der Waals surface area contributed by atoms with E-state index in [4.69, 9.17) is 4.74 Å². The number of ether oxygens (including phenoxy) is 1. The summed E-state index contributed by atoms with van der Waals surface area (Å²) in [6.07, 6.45) is 2.50. The molecule has 0 N–H and O–H groups in total. The minimum absolute atomic E-state index is 0.232. The second-order valence-corrected chi connectivity index (χ2v) is 4.63. The van der Waals surface area contributed by atoms with Crippen LogP contribution in [0.3, 0.4) is 0 Å². The van der Waals surface area contributed by atoms with Gasteiger partial charge in [-0.1, -0.05) is 30.3 Å². The summed E-state index contributed by atoms with van der Waals surface area (Å²) in [7, 11) is 1.40. The number of esters is 1. The molecule has 3 rings (SSSR count). The van der Waals surface area contributed by atoms with Crippen LogP contribution in [0.2, 0.25) is 0 Å². The molecule has 102 valence electrons. The lowest BCUT2D eigenvalue weighted by Gasteiger charge is -2.38. The van der Waals surface area contributed by atoms with Crippen LogP contribution in [0.15, 0.2) is 42.6 Å². The van der Waals surface area contributed by atoms with Gasteiger partial charge in [0.05, 0.1) is 12.8 Å². The molecule has 0 saturated carbocycles. The predicted octanol–water partition coefficient (Wildman–Crippen LogP) is 1.90. The van der Waals surface area contributed by atoms with Crippen LogP contribution in [0.25, 0.3) is 11.3 Å². The third-order valence-electron chi connectivity index (χ3n) is 3.46. The van der Waals surface area contributed by atoms with Gasteiger partial charge in [-0.2, -0.15) is 0 Å². The Bertz CT molecular complexity index is 616. The largest absolute Gasteiger partial charge is 0.467 e. The molecule has 5 heteroatoms. The molecule has 2 aromatic rings. The van der Waals surface area contributed by atoms with Crippen molar-refractivity contribution in [1.82, 2.24) is 9.97 Å². The number of rotatable bonds is 3. The average molecular weight is 269 g/mol. The molecule has 1 saturated heterocycles. The summed E-state index contributed by atoms with van der Waals surface area (Å²) in [5.41, 5.74) is 1.89. The van der Waals surface area contributed by atoms with Crippen molar-refractivity contribution in [3.63, 3.8) is 0 Å². The van der Waals surface area contributed by atoms with Gasteiger partial charge in [-0.3, -0.25) is 0 Å². The van der Waals surface area contributed by atoms with E-state index < -0.39 is 0 Å². The van der Waals surface area contributed by atoms with Crippen LogP contribution in [0.4, 0.5) is 5.95 Å². The first kappa shape index (κ1) is 12.6. The molecule has 0 radical (unpaired) electrons. The van der Waals surface area contributed by atoms with Gasteiger partial charge in [0.25, 0.3) is 0 Å². The van der Waals surface area contributed by atoms with Gasteiger partial charge in [0.2, 0.25) is 5.95 Å². The molecular weight excluding hydrogens is 254 g/mol. The van der Waals surface area contributed by atoms with E-state index in [0.29, 0.717) is 5.95 Å². The molecule has 1 aromatic carbocycles. The maximum atomic E-state index is 11.6. The number of hydrogen-bond donors (Lipinski definition) is 0. The highest BCUT2D eigenvalue weighted by Crippen LogP contribution is 2.26. The molecule has 0 bridgehead atoms. The molecule has 0 unspecified atom stereocenters. The molecule has 2 heterocycles. The summed E-state index contributed by atoms with van der Waals surface area (Å²) < 4.78 is 4.78. The molecule has 0 amide bonds. The Morgan fingerprint density at radius 2 is 2.10 bits per heavy atom. The normalized spacial score (nSPS) is 17.4. The maximum absolute atomic E-state index is 11.6. The van der Waals surface area contributed by atoms with Crippen LogP contribution < -0.4 is 4.90 Å². The van der Waals surface area contributed by atoms with E-state index in [1.807, 2.05) is 41.3 Å². The fourth-order valence-electron chi connectivity index (χ4n) is 2.26. The van der Waals surface area contributed by atoms with E-state index in [1.54, 1.807) is 6.20 Å². The van der Waals surface area contributed by atoms with Gasteiger partial charge in [-0.15, -0.1) is 0 Å². The summed E-state index contributed by atoms with van der Waals surface area (Å²) in [4.78, 5) is 22.3. The van der Waals surface area contributed by atoms with Crippen LogP contribution in [0, 0.1) is 0 Å². The number of methoxy groups -OCH3 is 1. The molecule has 5 nitrogen and oxygen atoms in total. The van der Waals surface area contributed by atoms with Gasteiger partial charge in [0, 0.05) is 18.3 Å². The average Bonchev–Trinajstić information content (AvgIpc) is 2.47. The van der Waals surface area contributed by atoms with Gasteiger partial charge >= 0.3 is 5.97 Å². The van der Waals surface area contributed by atoms with Crippen molar-refractivity contribution in [2.24, 2.45) is 0 Å². The van der Waals surface area contributed by atoms with Crippen molar-refractivity contribution < 1.29 is 9.53 Å². The highest BCUT2D eigenvalue weighted by atomic mass is 16.5. The van der Waals surface area contributed by atoms with Crippen LogP contribution >= 0.6 is 0 Å². The van der Waals surface area contributed by atoms with Crippen LogP contribution in [0.1, 0.15) is 6.42 Å². The quantitative estimate of drug-likeness (QED) is 0.796. The molecule has 1 aromatic heterocycles. The Hall–Kier alpha value is -2.43. The Balaban J connectivity index is 1.87. The van der Waals surface area contributed by atoms with Gasteiger partial charge in [-0.05, 0) is 12.5 Å². The summed E-state index contributed by atoms with van der Waals surface area (Å²) in [5, 5.41) is 0. The molecule has 20 heavy (non-hydrogen) atoms. The van der Waals surface area contributed by atoms with Gasteiger partial charge < -0.3 is 9.64 Å². The van der Waals surface area contributed by atoms with Crippen LogP contribution in [0.5, 0.6) is 0 Å². The first-order valence-corrected chi connectivity index (χ1v) is 6.52. The van der Waals surface area contributed by atoms with Crippen molar-refractivity contribution in [3.05, 3.63) is 42.6 Å². The second-order valence-electron chi connectivity index (χ2n) is 4.63. The number of hydrogen-bond acceptors (Lipinski definition) is 5. The zero-order chi connectivity index (χ0) is 13.9. The Morgan fingerprint density at radius 3 is 2.75 bits per heavy atom. The Kier molecular flexibility index (Phi) is 3.33. The summed E-state index contributed by atoms with van der Waals surface area (Å²) in [5.74, 6) is 0.345. The highest BCUT2D eigenvalue weighted by Gasteiger charge is 2.36. The maximum Gasteiger partial charge on any atom is 0.328 e. The summed E-state index contributed by atoms with van der Waals surface area (Å²) >= 11 is 0. The van der Waals surface area contributed by atoms with E-state index in [9.17, 15) is 4.79 Å². The number of aromatic nitrogens is 2. The Morgan fingerprint density at radius 1 is 1.30 bits per heavy atom. The summed E-state index contributed by atoms with van der Waals surface area (Å²) in [6, 6.07) is 11.5. The predicted molar refractivity (Wildman–Crippen MR) is 75.2 cm³/mol. The van der Waals surface area contributed by atoms with Crippen LogP contribution in [-0.4, -0.2) is 35.6 Å². The SMILES string of the molecule is COC(=O)[C@@H]1CCN1c1nccc(-c2ccccc2)n1. The lowest BCUT2D eigenvalue weighted by atomic mass is 10.0. The number of anilines is 1. The number of benzene rings is 1. The third-order valence-corrected chi connectivity index (χ3v) is 3.46. The zero-order valence-corrected chi connectivity index (χ0v) is 11.2. The van der Waals surface area contributed by atoms with Crippen LogP contribution in [-0.2, 0) is 9.53 Å². The van der Waals surface area contributed by atoms with Gasteiger partial charge in [0.1, 0.15) is 6.04 Å². The van der Waals surface area contributed by atoms with Crippen molar-refractivity contribution in [1.29, 1.82) is 0 Å². The number of carbonyl (C=O) groups is 1. The van der Waals surface area contributed by atoms with Crippen molar-refractivity contribution in [3.8, 4) is 11.3 Å². The smallest absolute Gasteiger partial charge is 0.328 e.